The summed E-state index contributed by atoms with van der Waals surface area (Å²) in [6.45, 7) is 3.78. The molecule has 32 nitrogen and oxygen atoms in total. The minimum absolute atomic E-state index is 0.126. The molecule has 11 atom stereocenters. The van der Waals surface area contributed by atoms with Crippen LogP contribution in [0.5, 0.6) is 5.75 Å². The van der Waals surface area contributed by atoms with Gasteiger partial charge in [-0.3, -0.25) is 52.7 Å². The number of primary amides is 2. The zero-order valence-corrected chi connectivity index (χ0v) is 42.7. The predicted molar refractivity (Wildman–Crippen MR) is 267 cm³/mol. The summed E-state index contributed by atoms with van der Waals surface area (Å²) in [4.78, 5) is 169. The molecule has 0 aliphatic rings. The highest BCUT2D eigenvalue weighted by molar-refractivity contribution is 5.99. The van der Waals surface area contributed by atoms with Crippen molar-refractivity contribution in [3.05, 3.63) is 66.3 Å². The lowest BCUT2D eigenvalue weighted by molar-refractivity contribution is -0.145. The van der Waals surface area contributed by atoms with Crippen LogP contribution in [0.4, 0.5) is 0 Å². The standard InChI is InChI=1S/C46H66N16O16/c1-20(39(70)62-37(23(4)64)46(77)78)55-35(68)17-52-41(72)32(14-34(49)67)60-42(73)30(12-25-15-50-18-53-25)57-38(69)21(2)56-45(76)36(22(3)63)61-44(75)29(11-24-5-7-27(65)8-6-24)59-43(74)31(13-26-16-51-19-54-26)58-40(71)28(47)9-10-33(48)66/h5-8,15-16,18-23,28-32,36-37,63-65H,9-14,17,47H2,1-4H3,(H2,48,66)(H2,49,67)(H,50,53)(H,51,54)(H,52,72)(H,55,68)(H,56,76)(H,57,69)(H,58,71)(H,59,74)(H,60,73)(H,61,75)(H,62,70)(H,77,78)/t20-,21-,22+,23+,28-,29-,30-,31-,32-,36-,37-/m0/s1. The third-order valence-electron chi connectivity index (χ3n) is 11.4. The lowest BCUT2D eigenvalue weighted by Crippen LogP contribution is -2.62. The summed E-state index contributed by atoms with van der Waals surface area (Å²) in [7, 11) is 0. The molecule has 2 heterocycles. The van der Waals surface area contributed by atoms with E-state index in [2.05, 4.69) is 62.5 Å². The number of aromatic nitrogens is 4. The van der Waals surface area contributed by atoms with Crippen LogP contribution < -0.4 is 65.1 Å². The molecule has 3 rings (SSSR count). The van der Waals surface area contributed by atoms with E-state index in [-0.39, 0.29) is 43.5 Å². The van der Waals surface area contributed by atoms with Gasteiger partial charge in [0.25, 0.3) is 0 Å². The van der Waals surface area contributed by atoms with Crippen molar-refractivity contribution in [2.45, 2.75) is 133 Å². The number of carboxylic acid groups (broad SMARTS) is 1. The summed E-state index contributed by atoms with van der Waals surface area (Å²) in [5.74, 6) is -12.7. The number of aliphatic carboxylic acids is 1. The summed E-state index contributed by atoms with van der Waals surface area (Å²) in [6, 6.07) is -8.54. The van der Waals surface area contributed by atoms with E-state index < -0.39 is 150 Å². The average molecular weight is 1100 g/mol. The number of carboxylic acids is 1. The molecule has 0 aliphatic heterocycles. The minimum atomic E-state index is -1.82. The number of aliphatic hydroxyl groups is 2. The predicted octanol–water partition coefficient (Wildman–Crippen LogP) is -7.78. The Morgan fingerprint density at radius 2 is 1.01 bits per heavy atom. The van der Waals surface area contributed by atoms with Gasteiger partial charge in [0.2, 0.25) is 65.0 Å². The monoisotopic (exact) mass is 1100 g/mol. The number of nitrogens with zero attached hydrogens (tertiary/aromatic N) is 2. The minimum Gasteiger partial charge on any atom is -0.508 e. The van der Waals surface area contributed by atoms with Crippen LogP contribution in [0.1, 0.15) is 63.9 Å². The maximum absolute atomic E-state index is 14.1. The number of aromatic amines is 2. The summed E-state index contributed by atoms with van der Waals surface area (Å²) >= 11 is 0. The maximum Gasteiger partial charge on any atom is 0.328 e. The van der Waals surface area contributed by atoms with Gasteiger partial charge < -0.3 is 95.4 Å². The van der Waals surface area contributed by atoms with E-state index in [4.69, 9.17) is 17.2 Å². The number of carbonyl (C=O) groups excluding carboxylic acids is 11. The Kier molecular flexibility index (Phi) is 24.7. The number of nitrogens with two attached hydrogens (primary N) is 3. The van der Waals surface area contributed by atoms with E-state index >= 15 is 0 Å². The third-order valence-corrected chi connectivity index (χ3v) is 11.4. The van der Waals surface area contributed by atoms with Gasteiger partial charge in [-0.1, -0.05) is 12.1 Å². The molecule has 78 heavy (non-hydrogen) atoms. The smallest absolute Gasteiger partial charge is 0.328 e. The maximum atomic E-state index is 14.1. The zero-order valence-electron chi connectivity index (χ0n) is 42.7. The molecule has 0 bridgehead atoms. The van der Waals surface area contributed by atoms with Gasteiger partial charge in [0.1, 0.15) is 48.0 Å². The molecule has 0 spiro atoms. The van der Waals surface area contributed by atoms with E-state index in [0.717, 1.165) is 13.8 Å². The Morgan fingerprint density at radius 1 is 0.551 bits per heavy atom. The van der Waals surface area contributed by atoms with Gasteiger partial charge in [-0.15, -0.1) is 0 Å². The summed E-state index contributed by atoms with van der Waals surface area (Å²) in [5, 5.41) is 60.4. The van der Waals surface area contributed by atoms with Crippen LogP contribution in [0.25, 0.3) is 0 Å². The van der Waals surface area contributed by atoms with Crippen molar-refractivity contribution in [3.8, 4) is 5.75 Å². The topological polar surface area (TPSA) is 529 Å². The van der Waals surface area contributed by atoms with Crippen LogP contribution in [0, 0.1) is 0 Å². The second-order valence-corrected chi connectivity index (χ2v) is 18.0. The third kappa shape index (κ3) is 21.3. The van der Waals surface area contributed by atoms with Crippen molar-refractivity contribution in [1.82, 2.24) is 67.8 Å². The number of hydrogen-bond donors (Lipinski definition) is 18. The van der Waals surface area contributed by atoms with Crippen LogP contribution in [0.15, 0.2) is 49.3 Å². The van der Waals surface area contributed by atoms with Crippen LogP contribution >= 0.6 is 0 Å². The van der Waals surface area contributed by atoms with Crippen LogP contribution in [-0.2, 0) is 76.8 Å². The number of aromatic hydroxyl groups is 1. The normalized spacial score (nSPS) is 15.2. The summed E-state index contributed by atoms with van der Waals surface area (Å²) < 4.78 is 0. The number of aliphatic hydroxyl groups excluding tert-OH is 2. The molecule has 0 aliphatic carbocycles. The first-order chi connectivity index (χ1) is 36.6. The number of H-pyrrole nitrogens is 2. The molecule has 0 unspecified atom stereocenters. The number of nitrogens with one attached hydrogen (secondary N) is 11. The molecule has 0 saturated heterocycles. The van der Waals surface area contributed by atoms with Crippen molar-refractivity contribution < 1.29 is 78.0 Å². The van der Waals surface area contributed by atoms with Gasteiger partial charge >= 0.3 is 5.97 Å². The Bertz CT molecular complexity index is 2580. The van der Waals surface area contributed by atoms with Crippen LogP contribution in [-0.4, -0.2) is 184 Å². The fraction of sp³-hybridized carbons (Fsp3) is 0.478. The lowest BCUT2D eigenvalue weighted by Gasteiger charge is -2.28. The number of carbonyl (C=O) groups is 12. The first-order valence-corrected chi connectivity index (χ1v) is 24.0. The molecule has 2 aromatic heterocycles. The molecular weight excluding hydrogens is 1030 g/mol. The number of benzene rings is 1. The Balaban J connectivity index is 1.78. The van der Waals surface area contributed by atoms with Gasteiger partial charge in [-0.25, -0.2) is 14.8 Å². The highest BCUT2D eigenvalue weighted by Crippen LogP contribution is 2.13. The fourth-order valence-electron chi connectivity index (χ4n) is 7.03. The fourth-order valence-corrected chi connectivity index (χ4v) is 7.03. The molecule has 11 amide bonds. The van der Waals surface area contributed by atoms with Gasteiger partial charge in [0.05, 0.1) is 43.9 Å². The van der Waals surface area contributed by atoms with Crippen molar-refractivity contribution in [2.75, 3.05) is 6.54 Å². The van der Waals surface area contributed by atoms with E-state index in [0.29, 0.717) is 11.3 Å². The van der Waals surface area contributed by atoms with Crippen LogP contribution in [0.2, 0.25) is 0 Å². The largest absolute Gasteiger partial charge is 0.508 e. The molecular formula is C46H66N16O16. The van der Waals surface area contributed by atoms with Crippen LogP contribution in [0.3, 0.4) is 0 Å². The second-order valence-electron chi connectivity index (χ2n) is 18.0. The quantitative estimate of drug-likeness (QED) is 0.0276. The second kappa shape index (κ2) is 30.5. The first-order valence-electron chi connectivity index (χ1n) is 24.0. The average Bonchev–Trinajstić information content (AvgIpc) is 4.09. The molecule has 3 aromatic rings. The molecule has 0 radical (unpaired) electrons. The highest BCUT2D eigenvalue weighted by Gasteiger charge is 2.36. The molecule has 0 saturated carbocycles. The lowest BCUT2D eigenvalue weighted by atomic mass is 10.0. The van der Waals surface area contributed by atoms with Crippen molar-refractivity contribution in [2.24, 2.45) is 17.2 Å². The number of amides is 11. The number of imidazole rings is 2. The summed E-state index contributed by atoms with van der Waals surface area (Å²) in [6.07, 6.45) is 0.0475. The van der Waals surface area contributed by atoms with E-state index in [9.17, 15) is 78.0 Å². The molecule has 32 heteroatoms. The summed E-state index contributed by atoms with van der Waals surface area (Å²) in [5.41, 5.74) is 17.5. The highest BCUT2D eigenvalue weighted by atomic mass is 16.4. The number of hydrogen-bond acceptors (Lipinski definition) is 18. The van der Waals surface area contributed by atoms with Crippen molar-refractivity contribution in [1.29, 1.82) is 0 Å². The Morgan fingerprint density at radius 3 is 1.50 bits per heavy atom. The van der Waals surface area contributed by atoms with Gasteiger partial charge in [-0.05, 0) is 51.8 Å². The number of rotatable bonds is 32. The van der Waals surface area contributed by atoms with Gasteiger partial charge in [0, 0.05) is 49.5 Å². The molecule has 0 fully saturated rings. The van der Waals surface area contributed by atoms with Crippen molar-refractivity contribution >= 4 is 70.9 Å². The van der Waals surface area contributed by atoms with Gasteiger partial charge in [-0.2, -0.15) is 0 Å². The Labute approximate surface area is 444 Å². The molecule has 1 aromatic carbocycles. The van der Waals surface area contributed by atoms with Gasteiger partial charge in [0.15, 0.2) is 6.04 Å². The molecule has 21 N–H and O–H groups in total. The van der Waals surface area contributed by atoms with E-state index in [1.807, 2.05) is 5.32 Å². The molecule has 426 valence electrons. The first kappa shape index (κ1) is 63.3. The van der Waals surface area contributed by atoms with Crippen molar-refractivity contribution in [3.63, 3.8) is 0 Å². The zero-order chi connectivity index (χ0) is 58.4. The van der Waals surface area contributed by atoms with E-state index in [1.54, 1.807) is 0 Å². The SMILES string of the molecule is C[C@H](NC(=O)CNC(=O)[C@H](CC(N)=O)NC(=O)[C@H](Cc1cnc[nH]1)NC(=O)[C@H](C)NC(=O)[C@@H](NC(=O)[C@H](Cc1ccc(O)cc1)NC(=O)[C@H](Cc1cnc[nH]1)NC(=O)[C@@H](N)CCC(N)=O)[C@@H](C)O)C(=O)N[C@H](C(=O)O)[C@@H](C)O. The number of phenols is 1. The van der Waals surface area contributed by atoms with E-state index in [1.165, 1.54) is 63.2 Å². The number of phenolic OH excluding ortho intramolecular Hbond substituents is 1. The Hall–Kier alpha value is -9.04.